The molecule has 1 aliphatic heterocycles. The van der Waals surface area contributed by atoms with Gasteiger partial charge < -0.3 is 10.4 Å². The lowest BCUT2D eigenvalue weighted by Crippen LogP contribution is -2.40. The molecule has 1 heterocycles. The Balaban J connectivity index is 2.01. The van der Waals surface area contributed by atoms with Crippen molar-refractivity contribution in [3.8, 4) is 0 Å². The van der Waals surface area contributed by atoms with Gasteiger partial charge in [-0.1, -0.05) is 29.8 Å². The number of carboxylic acids is 1. The van der Waals surface area contributed by atoms with Crippen LogP contribution in [0, 0.1) is 6.92 Å². The van der Waals surface area contributed by atoms with Crippen molar-refractivity contribution in [1.29, 1.82) is 0 Å². The van der Waals surface area contributed by atoms with Crippen LogP contribution in [-0.4, -0.2) is 46.1 Å². The molecule has 126 valence electrons. The van der Waals surface area contributed by atoms with Gasteiger partial charge in [-0.05, 0) is 30.3 Å². The summed E-state index contributed by atoms with van der Waals surface area (Å²) in [6.45, 7) is 1.45. The number of rotatable bonds is 6. The third-order valence-electron chi connectivity index (χ3n) is 3.18. The first kappa shape index (κ1) is 17.7. The molecule has 0 bridgehead atoms. The maximum absolute atomic E-state index is 12.3. The van der Waals surface area contributed by atoms with Gasteiger partial charge in [0.05, 0.1) is 11.3 Å². The molecule has 7 nitrogen and oxygen atoms in total. The summed E-state index contributed by atoms with van der Waals surface area (Å²) in [6, 6.07) is 7.47. The maximum atomic E-state index is 12.3. The highest BCUT2D eigenvalue weighted by Crippen LogP contribution is 2.32. The van der Waals surface area contributed by atoms with Crippen LogP contribution in [0.4, 0.5) is 4.79 Å². The van der Waals surface area contributed by atoms with Gasteiger partial charge in [-0.2, -0.15) is 0 Å². The molecule has 1 fully saturated rings. The maximum Gasteiger partial charge on any atom is 0.305 e. The zero-order valence-corrected chi connectivity index (χ0v) is 13.8. The Kier molecular flexibility index (Phi) is 5.75. The van der Waals surface area contributed by atoms with Crippen LogP contribution in [0.15, 0.2) is 29.2 Å². The molecular weight excluding hydrogens is 332 g/mol. The molecule has 0 radical (unpaired) electrons. The minimum Gasteiger partial charge on any atom is -0.481 e. The van der Waals surface area contributed by atoms with Crippen molar-refractivity contribution in [3.63, 3.8) is 0 Å². The first-order chi connectivity index (χ1) is 11.4. The lowest BCUT2D eigenvalue weighted by molar-refractivity contribution is -0.137. The SMILES string of the molecule is Cc1cccc(/C=C2\SC(=O)N(CC(=O)NCCC(=O)O)C2=O)c1. The molecule has 8 heteroatoms. The van der Waals surface area contributed by atoms with Crippen molar-refractivity contribution in [1.82, 2.24) is 10.2 Å². The zero-order valence-electron chi connectivity index (χ0n) is 12.9. The van der Waals surface area contributed by atoms with Crippen LogP contribution in [0.3, 0.4) is 0 Å². The van der Waals surface area contributed by atoms with E-state index in [9.17, 15) is 19.2 Å². The van der Waals surface area contributed by atoms with Crippen LogP contribution in [0.5, 0.6) is 0 Å². The number of carbonyl (C=O) groups excluding carboxylic acids is 3. The van der Waals surface area contributed by atoms with E-state index in [1.54, 1.807) is 6.08 Å². The average Bonchev–Trinajstić information content (AvgIpc) is 2.74. The van der Waals surface area contributed by atoms with Gasteiger partial charge in [0.1, 0.15) is 6.54 Å². The molecule has 2 N–H and O–H groups in total. The lowest BCUT2D eigenvalue weighted by atomic mass is 10.1. The van der Waals surface area contributed by atoms with Crippen molar-refractivity contribution < 1.29 is 24.3 Å². The van der Waals surface area contributed by atoms with E-state index in [2.05, 4.69) is 5.32 Å². The number of nitrogens with one attached hydrogen (secondary N) is 1. The minimum atomic E-state index is -1.04. The van der Waals surface area contributed by atoms with Crippen LogP contribution in [0.2, 0.25) is 0 Å². The van der Waals surface area contributed by atoms with E-state index in [0.717, 1.165) is 27.8 Å². The molecule has 0 spiro atoms. The van der Waals surface area contributed by atoms with E-state index in [1.807, 2.05) is 31.2 Å². The standard InChI is InChI=1S/C16H16N2O5S/c1-10-3-2-4-11(7-10)8-12-15(22)18(16(23)24-12)9-13(19)17-6-5-14(20)21/h2-4,7-8H,5-6,9H2,1H3,(H,17,19)(H,20,21)/b12-8-. The van der Waals surface area contributed by atoms with E-state index in [0.29, 0.717) is 0 Å². The second-order valence-corrected chi connectivity index (χ2v) is 6.17. The molecule has 0 saturated carbocycles. The Labute approximate surface area is 142 Å². The van der Waals surface area contributed by atoms with Gasteiger partial charge in [0, 0.05) is 6.54 Å². The molecule has 3 amide bonds. The first-order valence-electron chi connectivity index (χ1n) is 7.17. The van der Waals surface area contributed by atoms with E-state index in [4.69, 9.17) is 5.11 Å². The summed E-state index contributed by atoms with van der Waals surface area (Å²) in [6.07, 6.45) is 1.39. The molecule has 0 unspecified atom stereocenters. The third kappa shape index (κ3) is 4.69. The Morgan fingerprint density at radius 2 is 2.08 bits per heavy atom. The average molecular weight is 348 g/mol. The molecule has 1 aromatic rings. The van der Waals surface area contributed by atoms with Crippen molar-refractivity contribution in [2.45, 2.75) is 13.3 Å². The highest BCUT2D eigenvalue weighted by atomic mass is 32.2. The predicted octanol–water partition coefficient (Wildman–Crippen LogP) is 1.62. The van der Waals surface area contributed by atoms with E-state index in [1.165, 1.54) is 0 Å². The summed E-state index contributed by atoms with van der Waals surface area (Å²) in [5.41, 5.74) is 1.83. The van der Waals surface area contributed by atoms with Crippen molar-refractivity contribution in [3.05, 3.63) is 40.3 Å². The fourth-order valence-electron chi connectivity index (χ4n) is 2.06. The summed E-state index contributed by atoms with van der Waals surface area (Å²) >= 11 is 0.778. The molecule has 0 aromatic heterocycles. The van der Waals surface area contributed by atoms with Gasteiger partial charge in [-0.25, -0.2) is 0 Å². The third-order valence-corrected chi connectivity index (χ3v) is 4.08. The molecular formula is C16H16N2O5S. The monoisotopic (exact) mass is 348 g/mol. The lowest BCUT2D eigenvalue weighted by Gasteiger charge is -2.11. The van der Waals surface area contributed by atoms with Gasteiger partial charge in [0.25, 0.3) is 11.1 Å². The number of carboxylic acid groups (broad SMARTS) is 1. The Morgan fingerprint density at radius 1 is 1.33 bits per heavy atom. The Morgan fingerprint density at radius 3 is 2.75 bits per heavy atom. The fourth-order valence-corrected chi connectivity index (χ4v) is 2.89. The zero-order chi connectivity index (χ0) is 17.7. The van der Waals surface area contributed by atoms with Crippen molar-refractivity contribution in [2.75, 3.05) is 13.1 Å². The van der Waals surface area contributed by atoms with E-state index in [-0.39, 0.29) is 17.9 Å². The molecule has 0 aliphatic carbocycles. The Bertz CT molecular complexity index is 729. The summed E-state index contributed by atoms with van der Waals surface area (Å²) in [5, 5.41) is 10.3. The summed E-state index contributed by atoms with van der Waals surface area (Å²) in [4.78, 5) is 47.4. The van der Waals surface area contributed by atoms with Crippen LogP contribution >= 0.6 is 11.8 Å². The number of aryl methyl sites for hydroxylation is 1. The Hall–Kier alpha value is -2.61. The van der Waals surface area contributed by atoms with Gasteiger partial charge in [0.2, 0.25) is 5.91 Å². The molecule has 2 rings (SSSR count). The highest BCUT2D eigenvalue weighted by molar-refractivity contribution is 8.18. The van der Waals surface area contributed by atoms with E-state index >= 15 is 0 Å². The number of benzene rings is 1. The van der Waals surface area contributed by atoms with Crippen LogP contribution in [0.25, 0.3) is 6.08 Å². The van der Waals surface area contributed by atoms with Crippen LogP contribution in [0.1, 0.15) is 17.5 Å². The first-order valence-corrected chi connectivity index (χ1v) is 7.99. The predicted molar refractivity (Wildman–Crippen MR) is 89.1 cm³/mol. The number of hydrogen-bond acceptors (Lipinski definition) is 5. The second kappa shape index (κ2) is 7.78. The molecule has 24 heavy (non-hydrogen) atoms. The molecule has 1 aliphatic rings. The number of aliphatic carboxylic acids is 1. The van der Waals surface area contributed by atoms with Gasteiger partial charge in [0.15, 0.2) is 0 Å². The van der Waals surface area contributed by atoms with Crippen molar-refractivity contribution in [2.24, 2.45) is 0 Å². The number of nitrogens with zero attached hydrogens (tertiary/aromatic N) is 1. The highest BCUT2D eigenvalue weighted by Gasteiger charge is 2.36. The molecule has 1 aromatic carbocycles. The molecule has 1 saturated heterocycles. The normalized spacial score (nSPS) is 15.9. The summed E-state index contributed by atoms with van der Waals surface area (Å²) < 4.78 is 0. The van der Waals surface area contributed by atoms with Gasteiger partial charge in [-0.3, -0.25) is 24.1 Å². The summed E-state index contributed by atoms with van der Waals surface area (Å²) in [5.74, 6) is -2.14. The number of carbonyl (C=O) groups is 4. The second-order valence-electron chi connectivity index (χ2n) is 5.18. The number of imide groups is 1. The van der Waals surface area contributed by atoms with Crippen LogP contribution in [-0.2, 0) is 14.4 Å². The van der Waals surface area contributed by atoms with E-state index < -0.39 is 29.6 Å². The number of thioether (sulfide) groups is 1. The van der Waals surface area contributed by atoms with Gasteiger partial charge in [-0.15, -0.1) is 0 Å². The smallest absolute Gasteiger partial charge is 0.305 e. The quantitative estimate of drug-likeness (QED) is 0.757. The fraction of sp³-hybridized carbons (Fsp3) is 0.250. The minimum absolute atomic E-state index is 0.0521. The largest absolute Gasteiger partial charge is 0.481 e. The van der Waals surface area contributed by atoms with Gasteiger partial charge >= 0.3 is 5.97 Å². The summed E-state index contributed by atoms with van der Waals surface area (Å²) in [7, 11) is 0. The number of hydrogen-bond donors (Lipinski definition) is 2. The van der Waals surface area contributed by atoms with Crippen LogP contribution < -0.4 is 5.32 Å². The number of amides is 3. The van der Waals surface area contributed by atoms with Crippen molar-refractivity contribution >= 4 is 40.9 Å². The molecule has 0 atom stereocenters. The topological polar surface area (TPSA) is 104 Å².